The van der Waals surface area contributed by atoms with Gasteiger partial charge in [-0.15, -0.1) is 0 Å². The van der Waals surface area contributed by atoms with Crippen molar-refractivity contribution in [3.05, 3.63) is 46.6 Å². The molecule has 6 heteroatoms. The Morgan fingerprint density at radius 3 is 2.95 bits per heavy atom. The first kappa shape index (κ1) is 13.8. The highest BCUT2D eigenvalue weighted by atomic mass is 35.5. The summed E-state index contributed by atoms with van der Waals surface area (Å²) in [6.07, 6.45) is 5.94. The smallest absolute Gasteiger partial charge is 0.189 e. The van der Waals surface area contributed by atoms with E-state index in [-0.39, 0.29) is 0 Å². The maximum atomic E-state index is 6.37. The van der Waals surface area contributed by atoms with Gasteiger partial charge in [-0.05, 0) is 18.4 Å². The van der Waals surface area contributed by atoms with Gasteiger partial charge >= 0.3 is 0 Å². The third kappa shape index (κ3) is 2.12. The molecule has 0 saturated carbocycles. The van der Waals surface area contributed by atoms with Crippen LogP contribution < -0.4 is 4.90 Å². The van der Waals surface area contributed by atoms with Gasteiger partial charge in [-0.1, -0.05) is 41.6 Å². The topological polar surface area (TPSA) is 41.4 Å². The number of aliphatic imine (C=N–C) groups is 1. The normalized spacial score (nSPS) is 16.0. The van der Waals surface area contributed by atoms with Crippen LogP contribution in [-0.4, -0.2) is 35.1 Å². The van der Waals surface area contributed by atoms with E-state index in [0.29, 0.717) is 0 Å². The van der Waals surface area contributed by atoms with Crippen LogP contribution in [0.25, 0.3) is 11.6 Å². The van der Waals surface area contributed by atoms with Crippen LogP contribution in [0, 0.1) is 0 Å². The zero-order valence-corrected chi connectivity index (χ0v) is 13.5. The second-order valence-electron chi connectivity index (χ2n) is 5.03. The van der Waals surface area contributed by atoms with E-state index in [4.69, 9.17) is 11.6 Å². The van der Waals surface area contributed by atoms with Crippen LogP contribution >= 0.6 is 23.4 Å². The zero-order chi connectivity index (χ0) is 15.1. The van der Waals surface area contributed by atoms with E-state index in [9.17, 15) is 0 Å². The summed E-state index contributed by atoms with van der Waals surface area (Å²) in [5.74, 6) is 1.89. The number of halogens is 1. The quantitative estimate of drug-likeness (QED) is 0.623. The monoisotopic (exact) mass is 328 g/mol. The Labute approximate surface area is 137 Å². The van der Waals surface area contributed by atoms with Crippen molar-refractivity contribution in [2.75, 3.05) is 24.2 Å². The van der Waals surface area contributed by atoms with Gasteiger partial charge in [0.2, 0.25) is 0 Å². The van der Waals surface area contributed by atoms with E-state index < -0.39 is 0 Å². The molecule has 0 fully saturated rings. The average molecular weight is 329 g/mol. The molecule has 0 bridgehead atoms. The van der Waals surface area contributed by atoms with Crippen LogP contribution in [0.4, 0.5) is 5.82 Å². The summed E-state index contributed by atoms with van der Waals surface area (Å²) >= 11 is 7.92. The van der Waals surface area contributed by atoms with Crippen LogP contribution in [0.2, 0.25) is 5.02 Å². The molecule has 0 aliphatic carbocycles. The second-order valence-corrected chi connectivity index (χ2v) is 6.21. The first-order chi connectivity index (χ1) is 10.8. The molecule has 0 amide bonds. The maximum absolute atomic E-state index is 6.37. The third-order valence-corrected chi connectivity index (χ3v) is 4.65. The van der Waals surface area contributed by atoms with E-state index in [1.165, 1.54) is 0 Å². The third-order valence-electron chi connectivity index (χ3n) is 3.76. The fraction of sp³-hybridized carbons (Fsp3) is 0.188. The minimum Gasteiger partial charge on any atom is -0.308 e. The fourth-order valence-corrected chi connectivity index (χ4v) is 3.34. The van der Waals surface area contributed by atoms with Crippen molar-refractivity contribution < 1.29 is 0 Å². The van der Waals surface area contributed by atoms with Gasteiger partial charge in [-0.3, -0.25) is 4.99 Å². The number of benzene rings is 1. The van der Waals surface area contributed by atoms with Crippen LogP contribution in [-0.2, 0) is 0 Å². The summed E-state index contributed by atoms with van der Waals surface area (Å²) in [4.78, 5) is 15.8. The Morgan fingerprint density at radius 2 is 2.14 bits per heavy atom. The highest BCUT2D eigenvalue weighted by Crippen LogP contribution is 2.37. The first-order valence-corrected chi connectivity index (χ1v) is 8.58. The van der Waals surface area contributed by atoms with E-state index in [1.807, 2.05) is 36.7 Å². The molecule has 110 valence electrons. The largest absolute Gasteiger partial charge is 0.308 e. The number of thioether (sulfide) groups is 1. The summed E-state index contributed by atoms with van der Waals surface area (Å²) in [5, 5.41) is 1.51. The van der Waals surface area contributed by atoms with Crippen molar-refractivity contribution >= 4 is 46.7 Å². The SMILES string of the molecule is CSc1ncc2c(n1)N1CCN=C1C(c1ccccc1Cl)=C2. The van der Waals surface area contributed by atoms with Crippen molar-refractivity contribution in [1.29, 1.82) is 0 Å². The van der Waals surface area contributed by atoms with Crippen molar-refractivity contribution in [3.8, 4) is 0 Å². The van der Waals surface area contributed by atoms with Gasteiger partial charge in [-0.25, -0.2) is 9.97 Å². The lowest BCUT2D eigenvalue weighted by atomic mass is 9.99. The Morgan fingerprint density at radius 1 is 1.27 bits per heavy atom. The average Bonchev–Trinajstić information content (AvgIpc) is 3.04. The highest BCUT2D eigenvalue weighted by Gasteiger charge is 2.30. The van der Waals surface area contributed by atoms with E-state index in [2.05, 4.69) is 25.9 Å². The van der Waals surface area contributed by atoms with Gasteiger partial charge in [0.05, 0.1) is 6.54 Å². The molecule has 22 heavy (non-hydrogen) atoms. The summed E-state index contributed by atoms with van der Waals surface area (Å²) in [6, 6.07) is 7.85. The van der Waals surface area contributed by atoms with E-state index in [0.717, 1.165) is 51.6 Å². The Balaban J connectivity index is 1.92. The number of amidine groups is 1. The Hall–Kier alpha value is -1.85. The molecule has 0 atom stereocenters. The van der Waals surface area contributed by atoms with Gasteiger partial charge in [0, 0.05) is 34.5 Å². The molecule has 3 heterocycles. The number of rotatable bonds is 2. The molecule has 0 radical (unpaired) electrons. The molecular weight excluding hydrogens is 316 g/mol. The van der Waals surface area contributed by atoms with E-state index >= 15 is 0 Å². The lowest BCUT2D eigenvalue weighted by Crippen LogP contribution is -2.32. The van der Waals surface area contributed by atoms with Gasteiger partial charge in [-0.2, -0.15) is 0 Å². The van der Waals surface area contributed by atoms with Gasteiger partial charge < -0.3 is 4.90 Å². The molecule has 4 rings (SSSR count). The number of aromatic nitrogens is 2. The van der Waals surface area contributed by atoms with E-state index in [1.54, 1.807) is 11.8 Å². The number of anilines is 1. The zero-order valence-electron chi connectivity index (χ0n) is 12.0. The number of hydrogen-bond acceptors (Lipinski definition) is 5. The lowest BCUT2D eigenvalue weighted by molar-refractivity contribution is 0.918. The first-order valence-electron chi connectivity index (χ1n) is 6.98. The molecule has 1 aromatic carbocycles. The maximum Gasteiger partial charge on any atom is 0.189 e. The predicted octanol–water partition coefficient (Wildman–Crippen LogP) is 3.62. The predicted molar refractivity (Wildman–Crippen MR) is 92.8 cm³/mol. The van der Waals surface area contributed by atoms with Crippen LogP contribution in [0.5, 0.6) is 0 Å². The summed E-state index contributed by atoms with van der Waals surface area (Å²) in [5.41, 5.74) is 3.04. The molecule has 2 aliphatic rings. The number of hydrogen-bond donors (Lipinski definition) is 0. The Bertz CT molecular complexity index is 816. The van der Waals surface area contributed by atoms with Crippen LogP contribution in [0.3, 0.4) is 0 Å². The van der Waals surface area contributed by atoms with Gasteiger partial charge in [0.1, 0.15) is 11.7 Å². The molecule has 2 aliphatic heterocycles. The van der Waals surface area contributed by atoms with Crippen molar-refractivity contribution in [2.24, 2.45) is 4.99 Å². The fourth-order valence-electron chi connectivity index (χ4n) is 2.76. The lowest BCUT2D eigenvalue weighted by Gasteiger charge is -2.27. The summed E-state index contributed by atoms with van der Waals surface area (Å²) in [7, 11) is 0. The molecule has 4 nitrogen and oxygen atoms in total. The molecule has 0 unspecified atom stereocenters. The van der Waals surface area contributed by atoms with Crippen LogP contribution in [0.1, 0.15) is 11.1 Å². The van der Waals surface area contributed by atoms with Crippen LogP contribution in [0.15, 0.2) is 40.6 Å². The summed E-state index contributed by atoms with van der Waals surface area (Å²) in [6.45, 7) is 1.62. The van der Waals surface area contributed by atoms with Crippen molar-refractivity contribution in [3.63, 3.8) is 0 Å². The Kier molecular flexibility index (Phi) is 3.39. The van der Waals surface area contributed by atoms with Crippen molar-refractivity contribution in [2.45, 2.75) is 5.16 Å². The highest BCUT2D eigenvalue weighted by molar-refractivity contribution is 7.98. The summed E-state index contributed by atoms with van der Waals surface area (Å²) < 4.78 is 0. The molecule has 0 spiro atoms. The standard InChI is InChI=1S/C16H13ClN4S/c1-22-16-19-9-10-8-12(11-4-2-3-5-13(11)17)15-18-6-7-21(15)14(10)20-16/h2-5,8-9H,6-7H2,1H3. The molecule has 1 aromatic heterocycles. The molecule has 2 aromatic rings. The minimum atomic E-state index is 0.730. The molecule has 0 N–H and O–H groups in total. The second kappa shape index (κ2) is 5.41. The molecule has 0 saturated heterocycles. The minimum absolute atomic E-state index is 0.730. The van der Waals surface area contributed by atoms with Gasteiger partial charge in [0.15, 0.2) is 5.16 Å². The number of nitrogens with zero attached hydrogens (tertiary/aromatic N) is 4. The van der Waals surface area contributed by atoms with Gasteiger partial charge in [0.25, 0.3) is 0 Å². The molecular formula is C16H13ClN4S. The number of fused-ring (bicyclic) bond motifs is 3. The van der Waals surface area contributed by atoms with Crippen molar-refractivity contribution in [1.82, 2.24) is 9.97 Å².